The number of carbonyl (C=O) groups is 2. The average molecular weight is 509 g/mol. The Balaban J connectivity index is 1.16. The van der Waals surface area contributed by atoms with Crippen molar-refractivity contribution in [2.24, 2.45) is 0 Å². The Hall–Kier alpha value is -3.54. The molecule has 4 rings (SSSR count). The maximum atomic E-state index is 12.3. The van der Waals surface area contributed by atoms with Crippen LogP contribution in [0.3, 0.4) is 0 Å². The lowest BCUT2D eigenvalue weighted by Crippen LogP contribution is -2.11. The zero-order chi connectivity index (χ0) is 24.6. The fourth-order valence-corrected chi connectivity index (χ4v) is 4.57. The minimum atomic E-state index is -0.209. The maximum absolute atomic E-state index is 12.3. The van der Waals surface area contributed by atoms with Gasteiger partial charge in [-0.3, -0.25) is 20.2 Å². The predicted octanol–water partition coefficient (Wildman–Crippen LogP) is 4.31. The Morgan fingerprint density at radius 3 is 1.63 bits per heavy atom. The SMILES string of the molecule is Cc1cccc(C(=O)Nc2nnc(CCOCCc3nnc(NC(=O)c4cccc(C)c4)s3)s2)c1. The van der Waals surface area contributed by atoms with Gasteiger partial charge in [0.25, 0.3) is 11.8 Å². The smallest absolute Gasteiger partial charge is 0.257 e. The van der Waals surface area contributed by atoms with E-state index in [0.717, 1.165) is 21.1 Å². The molecule has 0 aliphatic rings. The largest absolute Gasteiger partial charge is 0.381 e. The first kappa shape index (κ1) is 24.6. The Bertz CT molecular complexity index is 1220. The molecule has 0 saturated heterocycles. The van der Waals surface area contributed by atoms with Crippen LogP contribution < -0.4 is 10.6 Å². The number of carbonyl (C=O) groups excluding carboxylic acids is 2. The summed E-state index contributed by atoms with van der Waals surface area (Å²) in [6.45, 7) is 4.81. The number of anilines is 2. The molecule has 180 valence electrons. The van der Waals surface area contributed by atoms with Gasteiger partial charge >= 0.3 is 0 Å². The number of hydrogen-bond donors (Lipinski definition) is 2. The second-order valence-electron chi connectivity index (χ2n) is 7.76. The molecule has 2 amide bonds. The Kier molecular flexibility index (Phi) is 8.24. The molecule has 2 aromatic carbocycles. The van der Waals surface area contributed by atoms with E-state index in [1.54, 1.807) is 12.1 Å². The van der Waals surface area contributed by atoms with Crippen LogP contribution in [0.15, 0.2) is 48.5 Å². The highest BCUT2D eigenvalue weighted by atomic mass is 32.1. The van der Waals surface area contributed by atoms with Crippen LogP contribution in [0, 0.1) is 13.8 Å². The summed E-state index contributed by atoms with van der Waals surface area (Å²) in [4.78, 5) is 24.7. The number of nitrogens with one attached hydrogen (secondary N) is 2. The second-order valence-corrected chi connectivity index (χ2v) is 9.89. The van der Waals surface area contributed by atoms with Crippen molar-refractivity contribution >= 4 is 44.8 Å². The first-order chi connectivity index (χ1) is 17.0. The van der Waals surface area contributed by atoms with Crippen LogP contribution in [0.2, 0.25) is 0 Å². The molecule has 9 nitrogen and oxygen atoms in total. The number of amides is 2. The van der Waals surface area contributed by atoms with Crippen molar-refractivity contribution in [1.82, 2.24) is 20.4 Å². The predicted molar refractivity (Wildman–Crippen MR) is 136 cm³/mol. The molecule has 0 saturated carbocycles. The fraction of sp³-hybridized carbons (Fsp3) is 0.250. The van der Waals surface area contributed by atoms with Gasteiger partial charge in [0.1, 0.15) is 10.0 Å². The van der Waals surface area contributed by atoms with Crippen molar-refractivity contribution in [3.8, 4) is 0 Å². The first-order valence-electron chi connectivity index (χ1n) is 10.9. The molecular weight excluding hydrogens is 484 g/mol. The zero-order valence-electron chi connectivity index (χ0n) is 19.3. The summed E-state index contributed by atoms with van der Waals surface area (Å²) >= 11 is 2.66. The van der Waals surface area contributed by atoms with Gasteiger partial charge < -0.3 is 4.74 Å². The highest BCUT2D eigenvalue weighted by Gasteiger charge is 2.12. The molecule has 2 aromatic heterocycles. The number of aryl methyl sites for hydroxylation is 2. The summed E-state index contributed by atoms with van der Waals surface area (Å²) < 4.78 is 5.69. The lowest BCUT2D eigenvalue weighted by Gasteiger charge is -2.02. The minimum absolute atomic E-state index is 0.209. The number of ether oxygens (including phenoxy) is 1. The summed E-state index contributed by atoms with van der Waals surface area (Å²) in [6.07, 6.45) is 1.18. The zero-order valence-corrected chi connectivity index (χ0v) is 20.9. The Morgan fingerprint density at radius 1 is 0.743 bits per heavy atom. The fourth-order valence-electron chi connectivity index (χ4n) is 3.14. The summed E-state index contributed by atoms with van der Waals surface area (Å²) in [5, 5.41) is 24.3. The van der Waals surface area contributed by atoms with E-state index >= 15 is 0 Å². The molecule has 11 heteroatoms. The molecule has 2 heterocycles. The third kappa shape index (κ3) is 7.22. The average Bonchev–Trinajstić information content (AvgIpc) is 3.48. The topological polar surface area (TPSA) is 119 Å². The Labute approximate surface area is 210 Å². The number of hydrogen-bond acceptors (Lipinski definition) is 9. The highest BCUT2D eigenvalue weighted by Crippen LogP contribution is 2.19. The lowest BCUT2D eigenvalue weighted by molar-refractivity contribution is 0.101. The number of nitrogens with zero attached hydrogens (tertiary/aromatic N) is 4. The van der Waals surface area contributed by atoms with Crippen LogP contribution in [0.4, 0.5) is 10.3 Å². The van der Waals surface area contributed by atoms with E-state index in [1.807, 2.05) is 50.2 Å². The third-order valence-electron chi connectivity index (χ3n) is 4.86. The molecule has 0 radical (unpaired) electrons. The molecule has 0 bridgehead atoms. The van der Waals surface area contributed by atoms with Gasteiger partial charge in [-0.15, -0.1) is 20.4 Å². The van der Waals surface area contributed by atoms with Crippen LogP contribution in [-0.4, -0.2) is 45.4 Å². The van der Waals surface area contributed by atoms with Crippen molar-refractivity contribution in [3.63, 3.8) is 0 Å². The summed E-state index contributed by atoms with van der Waals surface area (Å²) in [7, 11) is 0. The van der Waals surface area contributed by atoms with E-state index in [-0.39, 0.29) is 11.8 Å². The molecule has 0 atom stereocenters. The summed E-state index contributed by atoms with van der Waals surface area (Å²) in [6, 6.07) is 14.7. The van der Waals surface area contributed by atoms with Gasteiger partial charge in [-0.2, -0.15) is 0 Å². The van der Waals surface area contributed by atoms with Crippen LogP contribution in [-0.2, 0) is 17.6 Å². The van der Waals surface area contributed by atoms with E-state index in [1.165, 1.54) is 22.7 Å². The van der Waals surface area contributed by atoms with Gasteiger partial charge in [0, 0.05) is 24.0 Å². The van der Waals surface area contributed by atoms with E-state index in [4.69, 9.17) is 4.74 Å². The summed E-state index contributed by atoms with van der Waals surface area (Å²) in [5.74, 6) is -0.418. The molecule has 0 spiro atoms. The van der Waals surface area contributed by atoms with E-state index < -0.39 is 0 Å². The van der Waals surface area contributed by atoms with Crippen molar-refractivity contribution in [2.75, 3.05) is 23.8 Å². The molecule has 0 aliphatic heterocycles. The quantitative estimate of drug-likeness (QED) is 0.306. The lowest BCUT2D eigenvalue weighted by atomic mass is 10.1. The second kappa shape index (κ2) is 11.7. The van der Waals surface area contributed by atoms with Crippen molar-refractivity contribution in [3.05, 3.63) is 80.8 Å². The van der Waals surface area contributed by atoms with Crippen molar-refractivity contribution in [1.29, 1.82) is 0 Å². The molecule has 0 unspecified atom stereocenters. The van der Waals surface area contributed by atoms with Gasteiger partial charge in [-0.05, 0) is 38.1 Å². The highest BCUT2D eigenvalue weighted by molar-refractivity contribution is 7.15. The van der Waals surface area contributed by atoms with Crippen LogP contribution >= 0.6 is 22.7 Å². The van der Waals surface area contributed by atoms with Crippen molar-refractivity contribution < 1.29 is 14.3 Å². The molecule has 35 heavy (non-hydrogen) atoms. The van der Waals surface area contributed by atoms with Crippen LogP contribution in [0.5, 0.6) is 0 Å². The Morgan fingerprint density at radius 2 is 1.20 bits per heavy atom. The van der Waals surface area contributed by atoms with E-state index in [2.05, 4.69) is 31.0 Å². The molecule has 2 N–H and O–H groups in total. The monoisotopic (exact) mass is 508 g/mol. The van der Waals surface area contributed by atoms with E-state index in [9.17, 15) is 9.59 Å². The van der Waals surface area contributed by atoms with E-state index in [0.29, 0.717) is 47.4 Å². The van der Waals surface area contributed by atoms with Gasteiger partial charge in [0.2, 0.25) is 10.3 Å². The molecule has 0 fully saturated rings. The van der Waals surface area contributed by atoms with Crippen molar-refractivity contribution in [2.45, 2.75) is 26.7 Å². The van der Waals surface area contributed by atoms with Gasteiger partial charge in [0.05, 0.1) is 13.2 Å². The summed E-state index contributed by atoms with van der Waals surface area (Å²) in [5.41, 5.74) is 3.20. The minimum Gasteiger partial charge on any atom is -0.381 e. The van der Waals surface area contributed by atoms with Gasteiger partial charge in [-0.1, -0.05) is 58.1 Å². The molecule has 4 aromatic rings. The number of benzene rings is 2. The number of aromatic nitrogens is 4. The molecular formula is C24H24N6O3S2. The normalized spacial score (nSPS) is 10.8. The van der Waals surface area contributed by atoms with Gasteiger partial charge in [-0.25, -0.2) is 0 Å². The van der Waals surface area contributed by atoms with Crippen LogP contribution in [0.25, 0.3) is 0 Å². The van der Waals surface area contributed by atoms with Gasteiger partial charge in [0.15, 0.2) is 0 Å². The first-order valence-corrected chi connectivity index (χ1v) is 12.6. The number of rotatable bonds is 10. The molecule has 0 aliphatic carbocycles. The maximum Gasteiger partial charge on any atom is 0.257 e. The third-order valence-corrected chi connectivity index (χ3v) is 6.65. The standard InChI is InChI=1S/C24H24N6O3S2/c1-15-5-3-7-17(13-15)21(31)25-23-29-27-19(34-23)9-11-33-12-10-20-28-30-24(35-20)26-22(32)18-8-4-6-16(2)14-18/h3-8,13-14H,9-12H2,1-2H3,(H,25,29,31)(H,26,30,32). The van der Waals surface area contributed by atoms with Crippen LogP contribution in [0.1, 0.15) is 41.9 Å².